The predicted molar refractivity (Wildman–Crippen MR) is 251 cm³/mol. The highest BCUT2D eigenvalue weighted by atomic mass is 32.2. The molecule has 0 spiro atoms. The molecule has 2 aliphatic heterocycles. The highest BCUT2D eigenvalue weighted by molar-refractivity contribution is 7.93. The number of ether oxygens (including phenoxy) is 2. The molecule has 65 heavy (non-hydrogen) atoms. The first-order valence-corrected chi connectivity index (χ1v) is 25.4. The fourth-order valence-corrected chi connectivity index (χ4v) is 10.8. The van der Waals surface area contributed by atoms with E-state index in [0.717, 1.165) is 50.9 Å². The number of cyclic esters (lactones) is 1. The Morgan fingerprint density at radius 2 is 1.92 bits per heavy atom. The van der Waals surface area contributed by atoms with E-state index in [9.17, 15) is 27.6 Å². The van der Waals surface area contributed by atoms with Gasteiger partial charge in [-0.15, -0.1) is 11.3 Å². The lowest BCUT2D eigenvalue weighted by atomic mass is 9.74. The number of hydrogen-bond acceptors (Lipinski definition) is 12. The number of hydrogen-bond donors (Lipinski definition) is 2. The maximum atomic E-state index is 14.6. The standard InChI is InChI=1S/C48H63N7O8S2/c1-10-54-39-16-15-31-23-34(39)35(43(54)33-13-11-18-49-41(33)29(4)62-8)25-48(5,6)27-63-47(59)36-14-12-19-55(52-36)46(58)37(24-40-50-38(31)26-64-40)51-44(56)42(28(2)3)53(7)45(57)32-21-30(22-32)17-20-65(9,60)61/h11,13,15-18,20,23,26,28-30,32,36-37,42,52H,10,12,14,19,21-22,24-25,27H2,1-9H3,(H,51,56)/b20-17+/t29-,30?,32?,36-,37-,42-/m0/s1. The number of pyridine rings is 1. The number of nitrogens with one attached hydrogen (secondary N) is 2. The number of benzene rings is 1. The fraction of sp³-hybridized carbons (Fsp3) is 0.542. The molecule has 4 aromatic rings. The Morgan fingerprint density at radius 1 is 1.17 bits per heavy atom. The minimum Gasteiger partial charge on any atom is -0.464 e. The summed E-state index contributed by atoms with van der Waals surface area (Å²) < 4.78 is 37.5. The molecule has 6 bridgehead atoms. The molecule has 17 heteroatoms. The van der Waals surface area contributed by atoms with Crippen molar-refractivity contribution in [3.63, 3.8) is 0 Å². The van der Waals surface area contributed by atoms with Gasteiger partial charge in [0, 0.05) is 90.3 Å². The molecule has 7 rings (SSSR count). The first kappa shape index (κ1) is 48.0. The highest BCUT2D eigenvalue weighted by Crippen LogP contribution is 2.42. The molecule has 15 nitrogen and oxygen atoms in total. The van der Waals surface area contributed by atoms with Gasteiger partial charge in [0.25, 0.3) is 5.91 Å². The molecule has 4 atom stereocenters. The molecule has 3 aromatic heterocycles. The number of methoxy groups -OCH3 is 1. The Labute approximate surface area is 386 Å². The van der Waals surface area contributed by atoms with E-state index >= 15 is 0 Å². The van der Waals surface area contributed by atoms with E-state index in [-0.39, 0.29) is 42.8 Å². The number of sulfone groups is 1. The number of thiazole rings is 1. The fourth-order valence-electron chi connectivity index (χ4n) is 9.45. The number of aromatic nitrogens is 3. The highest BCUT2D eigenvalue weighted by Gasteiger charge is 2.41. The third kappa shape index (κ3) is 10.5. The molecule has 0 radical (unpaired) electrons. The smallest absolute Gasteiger partial charge is 0.324 e. The van der Waals surface area contributed by atoms with Gasteiger partial charge in [-0.25, -0.2) is 18.8 Å². The van der Waals surface area contributed by atoms with Crippen LogP contribution in [-0.2, 0) is 57.9 Å². The van der Waals surface area contributed by atoms with Crippen LogP contribution in [0.1, 0.15) is 89.6 Å². The summed E-state index contributed by atoms with van der Waals surface area (Å²) in [5, 5.41) is 9.23. The number of hydrazine groups is 1. The average molecular weight is 930 g/mol. The zero-order valence-corrected chi connectivity index (χ0v) is 40.6. The third-order valence-electron chi connectivity index (χ3n) is 12.9. The zero-order chi connectivity index (χ0) is 47.0. The summed E-state index contributed by atoms with van der Waals surface area (Å²) in [5.74, 6) is -2.29. The van der Waals surface area contributed by atoms with Crippen LogP contribution in [0.5, 0.6) is 0 Å². The number of esters is 1. The maximum absolute atomic E-state index is 14.6. The van der Waals surface area contributed by atoms with Gasteiger partial charge < -0.3 is 24.3 Å². The Balaban J connectivity index is 1.25. The number of likely N-dealkylation sites (N-methyl/N-ethyl adjacent to an activating group) is 1. The molecule has 2 N–H and O–H groups in total. The van der Waals surface area contributed by atoms with Gasteiger partial charge in [0.05, 0.1) is 34.8 Å². The lowest BCUT2D eigenvalue weighted by Crippen LogP contribution is -2.62. The van der Waals surface area contributed by atoms with Crippen molar-refractivity contribution < 1.29 is 37.1 Å². The zero-order valence-electron chi connectivity index (χ0n) is 38.9. The molecule has 3 amide bonds. The predicted octanol–water partition coefficient (Wildman–Crippen LogP) is 6.27. The number of nitrogens with zero attached hydrogens (tertiary/aromatic N) is 5. The molecule has 1 saturated carbocycles. The molecule has 2 fully saturated rings. The van der Waals surface area contributed by atoms with Crippen LogP contribution in [0.2, 0.25) is 0 Å². The molecule has 3 aliphatic rings. The number of fused-ring (bicyclic) bond motifs is 6. The van der Waals surface area contributed by atoms with Crippen LogP contribution < -0.4 is 10.7 Å². The van der Waals surface area contributed by atoms with Gasteiger partial charge in [-0.3, -0.25) is 29.2 Å². The van der Waals surface area contributed by atoms with Crippen LogP contribution in [0.3, 0.4) is 0 Å². The lowest BCUT2D eigenvalue weighted by molar-refractivity contribution is -0.155. The van der Waals surface area contributed by atoms with Crippen molar-refractivity contribution in [2.45, 2.75) is 111 Å². The van der Waals surface area contributed by atoms with Gasteiger partial charge in [-0.1, -0.05) is 39.8 Å². The van der Waals surface area contributed by atoms with Crippen molar-refractivity contribution >= 4 is 55.8 Å². The second kappa shape index (κ2) is 19.5. The monoisotopic (exact) mass is 929 g/mol. The van der Waals surface area contributed by atoms with Crippen LogP contribution in [-0.4, -0.2) is 108 Å². The van der Waals surface area contributed by atoms with Crippen LogP contribution in [0.25, 0.3) is 33.4 Å². The van der Waals surface area contributed by atoms with Crippen molar-refractivity contribution in [1.29, 1.82) is 0 Å². The van der Waals surface area contributed by atoms with E-state index in [1.165, 1.54) is 26.7 Å². The number of allylic oxidation sites excluding steroid dienone is 1. The summed E-state index contributed by atoms with van der Waals surface area (Å²) in [6.45, 7) is 13.1. The maximum Gasteiger partial charge on any atom is 0.324 e. The summed E-state index contributed by atoms with van der Waals surface area (Å²) in [6, 6.07) is 7.60. The van der Waals surface area contributed by atoms with Crippen molar-refractivity contribution in [2.24, 2.45) is 23.2 Å². The van der Waals surface area contributed by atoms with E-state index < -0.39 is 51.2 Å². The van der Waals surface area contributed by atoms with Gasteiger partial charge in [-0.2, -0.15) is 0 Å². The topological polar surface area (TPSA) is 182 Å². The van der Waals surface area contributed by atoms with Crippen molar-refractivity contribution in [3.8, 4) is 22.5 Å². The minimum atomic E-state index is -3.28. The van der Waals surface area contributed by atoms with E-state index in [1.807, 2.05) is 32.2 Å². The van der Waals surface area contributed by atoms with Crippen LogP contribution in [0, 0.1) is 23.2 Å². The number of aryl methyl sites for hydroxylation is 1. The normalized spacial score (nSPS) is 22.6. The van der Waals surface area contributed by atoms with Gasteiger partial charge in [-0.05, 0) is 87.6 Å². The first-order chi connectivity index (χ1) is 30.8. The van der Waals surface area contributed by atoms with Crippen LogP contribution in [0.4, 0.5) is 0 Å². The molecular formula is C48H63N7O8S2. The molecule has 350 valence electrons. The Bertz CT molecular complexity index is 2580. The van der Waals surface area contributed by atoms with Gasteiger partial charge in [0.2, 0.25) is 11.8 Å². The molecule has 5 heterocycles. The van der Waals surface area contributed by atoms with E-state index in [0.29, 0.717) is 50.2 Å². The second-order valence-electron chi connectivity index (χ2n) is 19.0. The van der Waals surface area contributed by atoms with E-state index in [4.69, 9.17) is 19.4 Å². The largest absolute Gasteiger partial charge is 0.464 e. The summed E-state index contributed by atoms with van der Waals surface area (Å²) >= 11 is 1.40. The van der Waals surface area contributed by atoms with Gasteiger partial charge in [0.15, 0.2) is 9.84 Å². The van der Waals surface area contributed by atoms with E-state index in [2.05, 4.69) is 60.3 Å². The second-order valence-corrected chi connectivity index (χ2v) is 21.9. The lowest BCUT2D eigenvalue weighted by Gasteiger charge is -2.39. The van der Waals surface area contributed by atoms with Gasteiger partial charge >= 0.3 is 5.97 Å². The summed E-state index contributed by atoms with van der Waals surface area (Å²) in [5.41, 5.74) is 9.21. The SMILES string of the molecule is CCn1c(-c2cccnc2[C@H](C)OC)c2c3cc(ccc31)-c1csc(n1)C[C@H](NC(=O)[C@H](C(C)C)N(C)C(=O)C1CC(/C=C/S(C)(=O)=O)C1)C(=O)N1CCC[C@H](N1)C(=O)OCC(C)(C)C2. The summed E-state index contributed by atoms with van der Waals surface area (Å²) in [4.78, 5) is 67.9. The molecule has 1 aliphatic carbocycles. The number of carbonyl (C=O) groups excluding carboxylic acids is 4. The van der Waals surface area contributed by atoms with Crippen molar-refractivity contribution in [2.75, 3.05) is 33.6 Å². The number of rotatable bonds is 11. The number of carbonyl (C=O) groups is 4. The quantitative estimate of drug-likeness (QED) is 0.162. The molecule has 0 unspecified atom stereocenters. The van der Waals surface area contributed by atoms with Gasteiger partial charge in [0.1, 0.15) is 18.1 Å². The molecule has 1 aromatic carbocycles. The Hall–Kier alpha value is -4.97. The first-order valence-electron chi connectivity index (χ1n) is 22.6. The molecular weight excluding hydrogens is 867 g/mol. The number of amides is 3. The molecule has 1 saturated heterocycles. The van der Waals surface area contributed by atoms with Crippen LogP contribution in [0.15, 0.2) is 53.4 Å². The Morgan fingerprint density at radius 3 is 2.62 bits per heavy atom. The van der Waals surface area contributed by atoms with Crippen molar-refractivity contribution in [3.05, 3.63) is 69.7 Å². The summed E-state index contributed by atoms with van der Waals surface area (Å²) in [6.07, 6.45) is 6.88. The minimum absolute atomic E-state index is 0.0417. The van der Waals surface area contributed by atoms with Crippen molar-refractivity contribution in [1.82, 2.24) is 35.2 Å². The van der Waals surface area contributed by atoms with E-state index in [1.54, 1.807) is 26.4 Å². The third-order valence-corrected chi connectivity index (χ3v) is 14.5. The van der Waals surface area contributed by atoms with Crippen LogP contribution >= 0.6 is 11.3 Å². The average Bonchev–Trinajstić information content (AvgIpc) is 3.84. The summed E-state index contributed by atoms with van der Waals surface area (Å²) in [7, 11) is -0.000124. The Kier molecular flexibility index (Phi) is 14.4.